The summed E-state index contributed by atoms with van der Waals surface area (Å²) in [4.78, 5) is 0. The maximum atomic E-state index is 13.5. The van der Waals surface area contributed by atoms with E-state index in [1.807, 2.05) is 25.1 Å². The van der Waals surface area contributed by atoms with Gasteiger partial charge in [0.1, 0.15) is 11.6 Å². The lowest BCUT2D eigenvalue weighted by Gasteiger charge is -2.18. The molecule has 0 amide bonds. The van der Waals surface area contributed by atoms with E-state index in [2.05, 4.69) is 5.32 Å². The van der Waals surface area contributed by atoms with E-state index < -0.39 is 5.82 Å². The normalized spacial score (nSPS) is 12.6. The highest BCUT2D eigenvalue weighted by molar-refractivity contribution is 6.31. The highest BCUT2D eigenvalue weighted by atomic mass is 35.5. The third kappa shape index (κ3) is 2.92. The van der Waals surface area contributed by atoms with Crippen molar-refractivity contribution >= 4 is 11.6 Å². The number of halogens is 2. The molecule has 0 aliphatic rings. The molecule has 1 atom stereocenters. The van der Waals surface area contributed by atoms with Gasteiger partial charge in [0.2, 0.25) is 0 Å². The molecule has 18 heavy (non-hydrogen) atoms. The second-order valence-electron chi connectivity index (χ2n) is 4.04. The first kappa shape index (κ1) is 13.1. The first-order valence-electron chi connectivity index (χ1n) is 5.92. The summed E-state index contributed by atoms with van der Waals surface area (Å²) in [5.41, 5.74) is 0.759. The van der Waals surface area contributed by atoms with Crippen molar-refractivity contribution in [2.75, 3.05) is 6.54 Å². The van der Waals surface area contributed by atoms with Gasteiger partial charge in [-0.1, -0.05) is 30.7 Å². The van der Waals surface area contributed by atoms with Crippen LogP contribution < -0.4 is 5.32 Å². The summed E-state index contributed by atoms with van der Waals surface area (Å²) < 4.78 is 18.8. The van der Waals surface area contributed by atoms with Crippen LogP contribution in [0.15, 0.2) is 41.0 Å². The first-order chi connectivity index (χ1) is 8.72. The molecule has 0 radical (unpaired) electrons. The molecule has 1 aromatic carbocycles. The van der Waals surface area contributed by atoms with Gasteiger partial charge in [0.05, 0.1) is 11.3 Å². The lowest BCUT2D eigenvalue weighted by atomic mass is 10.0. The van der Waals surface area contributed by atoms with E-state index in [4.69, 9.17) is 16.0 Å². The van der Waals surface area contributed by atoms with Crippen molar-refractivity contribution in [3.8, 4) is 0 Å². The van der Waals surface area contributed by atoms with Crippen LogP contribution in [-0.4, -0.2) is 6.54 Å². The molecular weight excluding hydrogens is 253 g/mol. The number of hydrogen-bond acceptors (Lipinski definition) is 2. The Kier molecular flexibility index (Phi) is 4.39. The number of benzene rings is 1. The van der Waals surface area contributed by atoms with Crippen LogP contribution in [0.1, 0.15) is 24.3 Å². The largest absolute Gasteiger partial charge is 0.469 e. The predicted molar refractivity (Wildman–Crippen MR) is 70.2 cm³/mol. The van der Waals surface area contributed by atoms with Gasteiger partial charge in [0.25, 0.3) is 0 Å². The average molecular weight is 268 g/mol. The van der Waals surface area contributed by atoms with Crippen LogP contribution in [0.3, 0.4) is 0 Å². The molecule has 2 rings (SSSR count). The lowest BCUT2D eigenvalue weighted by Crippen LogP contribution is -2.23. The molecule has 4 heteroatoms. The standard InChI is InChI=1S/C14H15ClFNO/c1-2-17-13(9-10-5-4-8-18-10)11-6-3-7-12(16)14(11)15/h3-8,13,17H,2,9H2,1H3. The fourth-order valence-electron chi connectivity index (χ4n) is 1.96. The third-order valence-electron chi connectivity index (χ3n) is 2.79. The summed E-state index contributed by atoms with van der Waals surface area (Å²) in [6.07, 6.45) is 2.27. The van der Waals surface area contributed by atoms with Crippen LogP contribution in [-0.2, 0) is 6.42 Å². The quantitative estimate of drug-likeness (QED) is 0.887. The summed E-state index contributed by atoms with van der Waals surface area (Å²) in [5, 5.41) is 3.47. The number of rotatable bonds is 5. The predicted octanol–water partition coefficient (Wildman–Crippen LogP) is 3.97. The maximum absolute atomic E-state index is 13.5. The van der Waals surface area contributed by atoms with E-state index >= 15 is 0 Å². The molecule has 0 saturated heterocycles. The van der Waals surface area contributed by atoms with Gasteiger partial charge in [-0.3, -0.25) is 0 Å². The molecule has 0 aliphatic heterocycles. The number of likely N-dealkylation sites (N-methyl/N-ethyl adjacent to an activating group) is 1. The maximum Gasteiger partial charge on any atom is 0.142 e. The van der Waals surface area contributed by atoms with E-state index in [0.29, 0.717) is 6.42 Å². The summed E-state index contributed by atoms with van der Waals surface area (Å²) in [5.74, 6) is 0.456. The number of nitrogens with one attached hydrogen (secondary N) is 1. The molecule has 0 bridgehead atoms. The smallest absolute Gasteiger partial charge is 0.142 e. The zero-order valence-electron chi connectivity index (χ0n) is 10.1. The summed E-state index contributed by atoms with van der Waals surface area (Å²) in [7, 11) is 0. The van der Waals surface area contributed by atoms with Crippen LogP contribution in [0, 0.1) is 5.82 Å². The van der Waals surface area contributed by atoms with Crippen LogP contribution in [0.4, 0.5) is 4.39 Å². The van der Waals surface area contributed by atoms with E-state index in [1.54, 1.807) is 12.3 Å². The Morgan fingerprint density at radius 3 is 2.83 bits per heavy atom. The second-order valence-corrected chi connectivity index (χ2v) is 4.41. The van der Waals surface area contributed by atoms with Gasteiger partial charge < -0.3 is 9.73 Å². The summed E-state index contributed by atoms with van der Waals surface area (Å²) in [6, 6.07) is 8.56. The molecule has 0 fully saturated rings. The van der Waals surface area contributed by atoms with Gasteiger partial charge in [-0.25, -0.2) is 4.39 Å². The Morgan fingerprint density at radius 2 is 2.17 bits per heavy atom. The van der Waals surface area contributed by atoms with Gasteiger partial charge in [-0.2, -0.15) is 0 Å². The molecule has 2 aromatic rings. The number of hydrogen-bond donors (Lipinski definition) is 1. The van der Waals surface area contributed by atoms with Gasteiger partial charge in [-0.05, 0) is 30.3 Å². The minimum atomic E-state index is -0.392. The highest BCUT2D eigenvalue weighted by Gasteiger charge is 2.17. The van der Waals surface area contributed by atoms with E-state index in [-0.39, 0.29) is 11.1 Å². The Balaban J connectivity index is 2.26. The van der Waals surface area contributed by atoms with E-state index in [0.717, 1.165) is 17.9 Å². The third-order valence-corrected chi connectivity index (χ3v) is 3.19. The molecule has 1 aromatic heterocycles. The Morgan fingerprint density at radius 1 is 1.33 bits per heavy atom. The van der Waals surface area contributed by atoms with Crippen LogP contribution in [0.25, 0.3) is 0 Å². The lowest BCUT2D eigenvalue weighted by molar-refractivity contribution is 0.454. The molecule has 0 aliphatic carbocycles. The molecule has 2 nitrogen and oxygen atoms in total. The van der Waals surface area contributed by atoms with E-state index in [9.17, 15) is 4.39 Å². The van der Waals surface area contributed by atoms with Crippen molar-refractivity contribution in [2.24, 2.45) is 0 Å². The van der Waals surface area contributed by atoms with Crippen molar-refractivity contribution in [3.63, 3.8) is 0 Å². The fourth-order valence-corrected chi connectivity index (χ4v) is 2.22. The SMILES string of the molecule is CCNC(Cc1ccco1)c1cccc(F)c1Cl. The molecule has 96 valence electrons. The fraction of sp³-hybridized carbons (Fsp3) is 0.286. The molecular formula is C14H15ClFNO. The zero-order valence-corrected chi connectivity index (χ0v) is 10.9. The summed E-state index contributed by atoms with van der Waals surface area (Å²) in [6.45, 7) is 2.78. The van der Waals surface area contributed by atoms with Gasteiger partial charge in [0.15, 0.2) is 0 Å². The van der Waals surface area contributed by atoms with Crippen LogP contribution >= 0.6 is 11.6 Å². The molecule has 1 unspecified atom stereocenters. The second kappa shape index (κ2) is 6.03. The summed E-state index contributed by atoms with van der Waals surface area (Å²) >= 11 is 6.02. The Bertz CT molecular complexity index is 499. The molecule has 1 N–H and O–H groups in total. The monoisotopic (exact) mass is 267 g/mol. The minimum absolute atomic E-state index is 0.0515. The molecule has 1 heterocycles. The van der Waals surface area contributed by atoms with Crippen molar-refractivity contribution in [2.45, 2.75) is 19.4 Å². The van der Waals surface area contributed by atoms with Crippen molar-refractivity contribution in [1.29, 1.82) is 0 Å². The topological polar surface area (TPSA) is 25.2 Å². The van der Waals surface area contributed by atoms with Gasteiger partial charge in [0, 0.05) is 12.5 Å². The van der Waals surface area contributed by atoms with Crippen LogP contribution in [0.5, 0.6) is 0 Å². The minimum Gasteiger partial charge on any atom is -0.469 e. The first-order valence-corrected chi connectivity index (χ1v) is 6.29. The molecule has 0 spiro atoms. The van der Waals surface area contributed by atoms with Crippen LogP contribution in [0.2, 0.25) is 5.02 Å². The number of furan rings is 1. The van der Waals surface area contributed by atoms with E-state index in [1.165, 1.54) is 6.07 Å². The Labute approximate surface area is 111 Å². The Hall–Kier alpha value is -1.32. The molecule has 0 saturated carbocycles. The zero-order chi connectivity index (χ0) is 13.0. The van der Waals surface area contributed by atoms with Gasteiger partial charge in [-0.15, -0.1) is 0 Å². The highest BCUT2D eigenvalue weighted by Crippen LogP contribution is 2.28. The van der Waals surface area contributed by atoms with Crippen molar-refractivity contribution < 1.29 is 8.81 Å². The average Bonchev–Trinajstić information content (AvgIpc) is 2.85. The van der Waals surface area contributed by atoms with Gasteiger partial charge >= 0.3 is 0 Å². The van der Waals surface area contributed by atoms with Crippen molar-refractivity contribution in [3.05, 3.63) is 58.8 Å². The van der Waals surface area contributed by atoms with Crippen molar-refractivity contribution in [1.82, 2.24) is 5.32 Å².